The molecular formula is C17H13F2N3O3S. The first-order valence-electron chi connectivity index (χ1n) is 7.46. The number of nitrogens with zero attached hydrogens (tertiary/aromatic N) is 1. The molecule has 134 valence electrons. The fourth-order valence-corrected chi connectivity index (χ4v) is 3.07. The predicted octanol–water partition coefficient (Wildman–Crippen LogP) is 3.55. The van der Waals surface area contributed by atoms with E-state index in [0.29, 0.717) is 22.4 Å². The van der Waals surface area contributed by atoms with E-state index in [1.54, 1.807) is 18.2 Å². The number of anilines is 2. The molecule has 3 rings (SSSR count). The van der Waals surface area contributed by atoms with E-state index in [1.807, 2.05) is 0 Å². The number of carbonyl (C=O) groups excluding carboxylic acids is 2. The summed E-state index contributed by atoms with van der Waals surface area (Å²) in [4.78, 5) is 27.3. The number of hydrogen-bond acceptors (Lipinski definition) is 5. The lowest BCUT2D eigenvalue weighted by molar-refractivity contribution is -0.118. The lowest BCUT2D eigenvalue weighted by Crippen LogP contribution is -2.20. The molecule has 2 amide bonds. The number of amides is 2. The van der Waals surface area contributed by atoms with E-state index in [9.17, 15) is 18.4 Å². The first-order chi connectivity index (χ1) is 12.4. The third-order valence-corrected chi connectivity index (χ3v) is 4.14. The molecule has 0 radical (unpaired) electrons. The standard InChI is InChI=1S/C17H13F2N3O3S/c1-9(23)20-11-3-4-13-15(7-11)26-17(21-13)22-16(24)8-25-14-5-2-10(18)6-12(14)19/h2-7H,8H2,1H3,(H,20,23)(H,21,22,24). The SMILES string of the molecule is CC(=O)Nc1ccc2nc(NC(=O)COc3ccc(F)cc3F)sc2c1. The summed E-state index contributed by atoms with van der Waals surface area (Å²) < 4.78 is 32.1. The van der Waals surface area contributed by atoms with Gasteiger partial charge in [0, 0.05) is 18.7 Å². The summed E-state index contributed by atoms with van der Waals surface area (Å²) in [6, 6.07) is 7.99. The Morgan fingerprint density at radius 1 is 1.15 bits per heavy atom. The second kappa shape index (κ2) is 7.44. The average molecular weight is 377 g/mol. The Balaban J connectivity index is 1.64. The van der Waals surface area contributed by atoms with Gasteiger partial charge in [-0.05, 0) is 30.3 Å². The maximum absolute atomic E-state index is 13.5. The van der Waals surface area contributed by atoms with Crippen molar-refractivity contribution in [1.29, 1.82) is 0 Å². The molecule has 0 saturated carbocycles. The van der Waals surface area contributed by atoms with Crippen LogP contribution in [0.3, 0.4) is 0 Å². The summed E-state index contributed by atoms with van der Waals surface area (Å²) in [5.74, 6) is -2.55. The van der Waals surface area contributed by atoms with Gasteiger partial charge in [-0.25, -0.2) is 13.8 Å². The second-order valence-corrected chi connectivity index (χ2v) is 6.32. The molecule has 6 nitrogen and oxygen atoms in total. The molecule has 26 heavy (non-hydrogen) atoms. The second-order valence-electron chi connectivity index (χ2n) is 5.29. The summed E-state index contributed by atoms with van der Waals surface area (Å²) in [7, 11) is 0. The molecule has 0 fully saturated rings. The van der Waals surface area contributed by atoms with Crippen LogP contribution >= 0.6 is 11.3 Å². The van der Waals surface area contributed by atoms with Crippen molar-refractivity contribution in [2.45, 2.75) is 6.92 Å². The summed E-state index contributed by atoms with van der Waals surface area (Å²) >= 11 is 1.22. The van der Waals surface area contributed by atoms with Crippen LogP contribution < -0.4 is 15.4 Å². The van der Waals surface area contributed by atoms with Gasteiger partial charge >= 0.3 is 0 Å². The van der Waals surface area contributed by atoms with Crippen LogP contribution in [0.1, 0.15) is 6.92 Å². The van der Waals surface area contributed by atoms with E-state index in [2.05, 4.69) is 15.6 Å². The van der Waals surface area contributed by atoms with E-state index in [4.69, 9.17) is 4.74 Å². The van der Waals surface area contributed by atoms with Gasteiger partial charge in [0.05, 0.1) is 10.2 Å². The van der Waals surface area contributed by atoms with E-state index in [-0.39, 0.29) is 11.7 Å². The van der Waals surface area contributed by atoms with E-state index < -0.39 is 24.1 Å². The zero-order valence-corrected chi connectivity index (χ0v) is 14.3. The monoisotopic (exact) mass is 377 g/mol. The third kappa shape index (κ3) is 4.31. The number of fused-ring (bicyclic) bond motifs is 1. The Morgan fingerprint density at radius 3 is 2.69 bits per heavy atom. The number of nitrogens with one attached hydrogen (secondary N) is 2. The van der Waals surface area contributed by atoms with Crippen LogP contribution in [0.4, 0.5) is 19.6 Å². The summed E-state index contributed by atoms with van der Waals surface area (Å²) in [6.45, 7) is 0.960. The topological polar surface area (TPSA) is 80.3 Å². The molecule has 1 aromatic heterocycles. The number of hydrogen-bond donors (Lipinski definition) is 2. The van der Waals surface area contributed by atoms with Crippen molar-refractivity contribution in [3.8, 4) is 5.75 Å². The molecule has 9 heteroatoms. The fraction of sp³-hybridized carbons (Fsp3) is 0.118. The smallest absolute Gasteiger partial charge is 0.264 e. The van der Waals surface area contributed by atoms with Crippen molar-refractivity contribution in [3.05, 3.63) is 48.0 Å². The van der Waals surface area contributed by atoms with Gasteiger partial charge in [-0.15, -0.1) is 0 Å². The minimum atomic E-state index is -0.886. The van der Waals surface area contributed by atoms with Crippen molar-refractivity contribution < 1.29 is 23.1 Å². The van der Waals surface area contributed by atoms with Crippen LogP contribution in [0.5, 0.6) is 5.75 Å². The Hall–Kier alpha value is -3.07. The molecule has 2 aromatic carbocycles. The van der Waals surface area contributed by atoms with Gasteiger partial charge in [0.1, 0.15) is 5.82 Å². The summed E-state index contributed by atoms with van der Waals surface area (Å²) in [6.07, 6.45) is 0. The van der Waals surface area contributed by atoms with Crippen LogP contribution in [-0.2, 0) is 9.59 Å². The molecule has 0 spiro atoms. The largest absolute Gasteiger partial charge is 0.481 e. The Kier molecular flexibility index (Phi) is 5.08. The molecule has 0 atom stereocenters. The van der Waals surface area contributed by atoms with Gasteiger partial charge in [0.2, 0.25) is 5.91 Å². The highest BCUT2D eigenvalue weighted by atomic mass is 32.1. The summed E-state index contributed by atoms with van der Waals surface area (Å²) in [5.41, 5.74) is 1.28. The number of rotatable bonds is 5. The average Bonchev–Trinajstić information content (AvgIpc) is 2.94. The molecular weight excluding hydrogens is 364 g/mol. The third-order valence-electron chi connectivity index (χ3n) is 3.21. The molecule has 0 unspecified atom stereocenters. The molecule has 0 saturated heterocycles. The number of carbonyl (C=O) groups is 2. The highest BCUT2D eigenvalue weighted by Gasteiger charge is 2.11. The van der Waals surface area contributed by atoms with Gasteiger partial charge in [-0.1, -0.05) is 11.3 Å². The van der Waals surface area contributed by atoms with E-state index >= 15 is 0 Å². The van der Waals surface area contributed by atoms with E-state index in [0.717, 1.165) is 16.8 Å². The molecule has 0 aliphatic rings. The van der Waals surface area contributed by atoms with Crippen LogP contribution in [0.25, 0.3) is 10.2 Å². The van der Waals surface area contributed by atoms with Crippen molar-refractivity contribution in [1.82, 2.24) is 4.98 Å². The highest BCUT2D eigenvalue weighted by molar-refractivity contribution is 7.22. The first kappa shape index (κ1) is 17.7. The van der Waals surface area contributed by atoms with Crippen molar-refractivity contribution in [3.63, 3.8) is 0 Å². The highest BCUT2D eigenvalue weighted by Crippen LogP contribution is 2.28. The van der Waals surface area contributed by atoms with Crippen molar-refractivity contribution in [2.24, 2.45) is 0 Å². The number of benzene rings is 2. The lowest BCUT2D eigenvalue weighted by atomic mass is 10.3. The van der Waals surface area contributed by atoms with Crippen LogP contribution in [0.15, 0.2) is 36.4 Å². The molecule has 0 aliphatic heterocycles. The molecule has 1 heterocycles. The zero-order chi connectivity index (χ0) is 18.7. The molecule has 0 bridgehead atoms. The zero-order valence-electron chi connectivity index (χ0n) is 13.5. The normalized spacial score (nSPS) is 10.6. The number of halogens is 2. The quantitative estimate of drug-likeness (QED) is 0.713. The number of thiazole rings is 1. The molecule has 0 aliphatic carbocycles. The van der Waals surface area contributed by atoms with Crippen LogP contribution in [0.2, 0.25) is 0 Å². The van der Waals surface area contributed by atoms with Gasteiger partial charge in [0.25, 0.3) is 5.91 Å². The molecule has 2 N–H and O–H groups in total. The summed E-state index contributed by atoms with van der Waals surface area (Å²) in [5, 5.41) is 5.56. The van der Waals surface area contributed by atoms with Crippen LogP contribution in [0, 0.1) is 11.6 Å². The van der Waals surface area contributed by atoms with Gasteiger partial charge in [-0.2, -0.15) is 0 Å². The first-order valence-corrected chi connectivity index (χ1v) is 8.28. The minimum Gasteiger partial charge on any atom is -0.481 e. The maximum Gasteiger partial charge on any atom is 0.264 e. The molecule has 3 aromatic rings. The Morgan fingerprint density at radius 2 is 1.96 bits per heavy atom. The van der Waals surface area contributed by atoms with Crippen molar-refractivity contribution in [2.75, 3.05) is 17.2 Å². The van der Waals surface area contributed by atoms with Gasteiger partial charge in [-0.3, -0.25) is 14.9 Å². The van der Waals surface area contributed by atoms with Gasteiger partial charge < -0.3 is 10.1 Å². The maximum atomic E-state index is 13.5. The van der Waals surface area contributed by atoms with E-state index in [1.165, 1.54) is 18.3 Å². The Bertz CT molecular complexity index is 991. The number of aromatic nitrogens is 1. The predicted molar refractivity (Wildman–Crippen MR) is 94.4 cm³/mol. The van der Waals surface area contributed by atoms with Crippen LogP contribution in [-0.4, -0.2) is 23.4 Å². The van der Waals surface area contributed by atoms with Crippen molar-refractivity contribution >= 4 is 44.2 Å². The minimum absolute atomic E-state index is 0.187. The lowest BCUT2D eigenvalue weighted by Gasteiger charge is -2.06. The Labute approximate surface area is 150 Å². The van der Waals surface area contributed by atoms with Gasteiger partial charge in [0.15, 0.2) is 23.3 Å². The fourth-order valence-electron chi connectivity index (χ4n) is 2.15. The number of ether oxygens (including phenoxy) is 1.